The van der Waals surface area contributed by atoms with Crippen molar-refractivity contribution in [3.05, 3.63) is 35.4 Å². The average molecular weight is 967 g/mol. The van der Waals surface area contributed by atoms with Gasteiger partial charge in [-0.15, -0.1) is 0 Å². The second kappa shape index (κ2) is 29.5. The molecule has 366 valence electrons. The minimum atomic E-state index is -3.55. The van der Waals surface area contributed by atoms with E-state index in [0.29, 0.717) is 25.2 Å². The molecule has 3 aliphatic heterocycles. The predicted octanol–water partition coefficient (Wildman–Crippen LogP) is 3.81. The summed E-state index contributed by atoms with van der Waals surface area (Å²) in [6, 6.07) is 5.93. The molecule has 19 nitrogen and oxygen atoms in total. The molecule has 0 bridgehead atoms. The Bertz CT molecular complexity index is 1980. The molecule has 2 aromatic carbocycles. The lowest BCUT2D eigenvalue weighted by molar-refractivity contribution is 0.0503. The molecule has 0 spiro atoms. The molecule has 64 heavy (non-hydrogen) atoms. The first kappa shape index (κ1) is 58.1. The highest BCUT2D eigenvalue weighted by molar-refractivity contribution is 7.91. The molecule has 0 aromatic heterocycles. The van der Waals surface area contributed by atoms with Crippen LogP contribution in [0.1, 0.15) is 81.0 Å². The van der Waals surface area contributed by atoms with Gasteiger partial charge in [-0.25, -0.2) is 26.4 Å². The van der Waals surface area contributed by atoms with Crippen LogP contribution in [0.2, 0.25) is 0 Å². The second-order valence-electron chi connectivity index (χ2n) is 14.7. The first-order valence-electron chi connectivity index (χ1n) is 21.4. The van der Waals surface area contributed by atoms with E-state index in [-0.39, 0.29) is 61.2 Å². The highest BCUT2D eigenvalue weighted by Gasteiger charge is 2.26. The number of nitrogens with one attached hydrogen (secondary N) is 1. The molecule has 3 saturated heterocycles. The van der Waals surface area contributed by atoms with Crippen molar-refractivity contribution in [3.8, 4) is 11.5 Å². The van der Waals surface area contributed by atoms with Crippen LogP contribution in [-0.4, -0.2) is 171 Å². The first-order chi connectivity index (χ1) is 30.2. The fourth-order valence-corrected chi connectivity index (χ4v) is 9.04. The van der Waals surface area contributed by atoms with E-state index < -0.39 is 31.1 Å². The number of nitrogens with zero attached hydrogens (tertiary/aromatic N) is 3. The molecule has 3 aliphatic rings. The number of halogens is 1. The Kier molecular flexibility index (Phi) is 26.8. The number of likely N-dealkylation sites (tertiary alicyclic amines) is 2. The molecule has 0 unspecified atom stereocenters. The number of anilines is 2. The zero-order valence-corrected chi connectivity index (χ0v) is 41.1. The Morgan fingerprint density at radius 3 is 1.58 bits per heavy atom. The second-order valence-corrected chi connectivity index (χ2v) is 19.5. The van der Waals surface area contributed by atoms with Gasteiger partial charge in [-0.2, -0.15) is 0 Å². The van der Waals surface area contributed by atoms with Gasteiger partial charge in [-0.3, -0.25) is 14.6 Å². The molecule has 3 heterocycles. The number of rotatable bonds is 14. The summed E-state index contributed by atoms with van der Waals surface area (Å²) in [5.41, 5.74) is 16.3. The number of hydrogen-bond acceptors (Lipinski definition) is 17. The van der Waals surface area contributed by atoms with Crippen molar-refractivity contribution >= 4 is 60.0 Å². The number of carboxylic acid groups (broad SMARTS) is 1. The van der Waals surface area contributed by atoms with Gasteiger partial charge in [0.1, 0.15) is 17.1 Å². The lowest BCUT2D eigenvalue weighted by Gasteiger charge is -2.23. The summed E-state index contributed by atoms with van der Waals surface area (Å²) in [4.78, 5) is 40.0. The van der Waals surface area contributed by atoms with Crippen LogP contribution in [0, 0.1) is 0 Å². The van der Waals surface area contributed by atoms with E-state index in [1.165, 1.54) is 72.2 Å². The number of benzene rings is 2. The van der Waals surface area contributed by atoms with Crippen LogP contribution in [0.3, 0.4) is 0 Å². The third kappa shape index (κ3) is 18.9. The number of amides is 1. The Hall–Kier alpha value is -3.96. The van der Waals surface area contributed by atoms with Gasteiger partial charge in [0.2, 0.25) is 0 Å². The number of methoxy groups -OCH3 is 2. The van der Waals surface area contributed by atoms with Gasteiger partial charge in [0.25, 0.3) is 5.91 Å². The molecule has 22 heteroatoms. The monoisotopic (exact) mass is 965 g/mol. The average Bonchev–Trinajstić information content (AvgIpc) is 3.95. The van der Waals surface area contributed by atoms with Crippen LogP contribution >= 0.6 is 11.6 Å². The van der Waals surface area contributed by atoms with E-state index in [1.54, 1.807) is 6.92 Å². The number of hydrogen-bond donors (Lipinski definition) is 5. The number of carbonyl (C=O) groups excluding carboxylic acids is 2. The minimum absolute atomic E-state index is 0.0197. The maximum Gasteiger partial charge on any atom is 0.403 e. The van der Waals surface area contributed by atoms with E-state index >= 15 is 0 Å². The van der Waals surface area contributed by atoms with Crippen LogP contribution < -0.4 is 32.0 Å². The number of carbonyl (C=O) groups is 3. The number of morpholine rings is 1. The van der Waals surface area contributed by atoms with Crippen molar-refractivity contribution < 1.29 is 55.3 Å². The van der Waals surface area contributed by atoms with Gasteiger partial charge in [0, 0.05) is 62.0 Å². The largest absolute Gasteiger partial charge is 0.496 e. The number of nitrogens with two attached hydrogens (primary N) is 3. The van der Waals surface area contributed by atoms with Crippen LogP contribution in [-0.2, 0) is 29.1 Å². The van der Waals surface area contributed by atoms with Crippen LogP contribution in [0.4, 0.5) is 16.2 Å². The van der Waals surface area contributed by atoms with E-state index in [9.17, 15) is 31.2 Å². The van der Waals surface area contributed by atoms with Crippen LogP contribution in [0.25, 0.3) is 0 Å². The Morgan fingerprint density at radius 2 is 1.23 bits per heavy atom. The summed E-state index contributed by atoms with van der Waals surface area (Å²) in [7, 11) is -2.25. The molecule has 3 fully saturated rings. The normalized spacial score (nSPS) is 17.7. The zero-order chi connectivity index (χ0) is 48.6. The maximum atomic E-state index is 12.6. The highest BCUT2D eigenvalue weighted by atomic mass is 35.5. The summed E-state index contributed by atoms with van der Waals surface area (Å²) in [6.07, 6.45) is 4.82. The summed E-state index contributed by atoms with van der Waals surface area (Å²) < 4.78 is 67.1. The summed E-state index contributed by atoms with van der Waals surface area (Å²) in [5.74, 6) is -1.56. The fraction of sp³-hybridized carbons (Fsp3) is 0.643. The van der Waals surface area contributed by atoms with Crippen molar-refractivity contribution in [1.82, 2.24) is 20.0 Å². The molecule has 0 saturated carbocycles. The van der Waals surface area contributed by atoms with E-state index in [2.05, 4.69) is 45.6 Å². The van der Waals surface area contributed by atoms with Gasteiger partial charge in [-0.05, 0) is 78.0 Å². The smallest absolute Gasteiger partial charge is 0.403 e. The first-order valence-corrected chi connectivity index (χ1v) is 25.1. The lowest BCUT2D eigenvalue weighted by atomic mass is 10.1. The summed E-state index contributed by atoms with van der Waals surface area (Å²) in [5, 5.41) is 11.8. The summed E-state index contributed by atoms with van der Waals surface area (Å²) in [6.45, 7) is 19.2. The Labute approximate surface area is 385 Å². The fourth-order valence-electron chi connectivity index (χ4n) is 6.88. The van der Waals surface area contributed by atoms with Gasteiger partial charge < -0.3 is 51.5 Å². The maximum absolute atomic E-state index is 12.6. The molecule has 8 N–H and O–H groups in total. The van der Waals surface area contributed by atoms with E-state index in [0.717, 1.165) is 64.8 Å². The molecule has 1 amide bonds. The molecule has 2 aromatic rings. The SMILES string of the molecule is CCN1CCC[C@H]1CN.CCN1CCC[C@H]1CNC(=O)c1cc(S(=O)(=O)CC)c(N)cc1OC.CCOC(=O)Cl.CCS(=O)(=O)c1cc(C(=O)O)c(OC)cc1N.CN1CCOCC1. The van der Waals surface area contributed by atoms with Crippen molar-refractivity contribution in [2.24, 2.45) is 5.73 Å². The quantitative estimate of drug-likeness (QED) is 0.133. The molecule has 5 rings (SSSR count). The van der Waals surface area contributed by atoms with Crippen LogP contribution in [0.5, 0.6) is 11.5 Å². The van der Waals surface area contributed by atoms with Gasteiger partial charge >= 0.3 is 11.4 Å². The lowest BCUT2D eigenvalue weighted by Crippen LogP contribution is -2.40. The number of aromatic carboxylic acids is 1. The van der Waals surface area contributed by atoms with Gasteiger partial charge in [0.15, 0.2) is 19.7 Å². The van der Waals surface area contributed by atoms with Crippen molar-refractivity contribution in [2.45, 2.75) is 82.2 Å². The molecule has 0 radical (unpaired) electrons. The third-order valence-corrected chi connectivity index (χ3v) is 14.3. The van der Waals surface area contributed by atoms with Crippen molar-refractivity contribution in [3.63, 3.8) is 0 Å². The standard InChI is InChI=1S/C17H27N3O4S.C10H13NO5S.C7H16N2.C5H11NO.C3H5ClO2/c1-4-20-8-6-7-12(20)11-19-17(21)13-9-16(25(22,23)5-2)14(18)10-15(13)24-3;1-3-17(14,15)9-4-6(10(12)13)8(16-2)5-7(9)11;1-2-9-5-3-4-7(9)6-8;1-6-2-4-7-5-3-6;1-2-6-3(4)5/h9-10,12H,4-8,11,18H2,1-3H3,(H,19,21);4-5H,3,11H2,1-2H3,(H,12,13);7H,2-6,8H2,1H3;2-5H2,1H3;2H2,1H3/t12-;;7-;;/m0.0../s1. The highest BCUT2D eigenvalue weighted by Crippen LogP contribution is 2.30. The molecule has 2 atom stereocenters. The van der Waals surface area contributed by atoms with E-state index in [1.807, 2.05) is 0 Å². The van der Waals surface area contributed by atoms with Crippen molar-refractivity contribution in [2.75, 3.05) is 116 Å². The summed E-state index contributed by atoms with van der Waals surface area (Å²) >= 11 is 4.72. The zero-order valence-electron chi connectivity index (χ0n) is 38.7. The molecule has 0 aliphatic carbocycles. The van der Waals surface area contributed by atoms with Crippen LogP contribution in [0.15, 0.2) is 34.1 Å². The van der Waals surface area contributed by atoms with E-state index in [4.69, 9.17) is 48.1 Å². The van der Waals surface area contributed by atoms with Gasteiger partial charge in [-0.1, -0.05) is 27.7 Å². The van der Waals surface area contributed by atoms with Gasteiger partial charge in [0.05, 0.1) is 72.3 Å². The molecular weight excluding hydrogens is 894 g/mol. The Balaban J connectivity index is 0.000000448. The van der Waals surface area contributed by atoms with Crippen molar-refractivity contribution in [1.29, 1.82) is 0 Å². The topological polar surface area (TPSA) is 276 Å². The predicted molar refractivity (Wildman–Crippen MR) is 250 cm³/mol. The number of likely N-dealkylation sites (N-methyl/N-ethyl adjacent to an activating group) is 3. The number of nitrogen functional groups attached to an aromatic ring is 2. The number of sulfone groups is 2. The minimum Gasteiger partial charge on any atom is -0.496 e. The third-order valence-electron chi connectivity index (χ3n) is 10.6. The number of ether oxygens (including phenoxy) is 4. The number of carboxylic acids is 1. The Morgan fingerprint density at radius 1 is 0.781 bits per heavy atom. The molecular formula is C42H72ClN7O12S2.